The van der Waals surface area contributed by atoms with Crippen LogP contribution in [0.2, 0.25) is 0 Å². The average molecular weight is 501 g/mol. The SMILES string of the molecule is O=C(NC1CCC(CCN2CCc3nc(OCC(F)F)sc3C2)CC1)c1cccc2ncccc12. The molecular formula is C26H30F2N4O2S. The number of aromatic nitrogens is 2. The number of nitrogens with zero attached hydrogens (tertiary/aromatic N) is 3. The summed E-state index contributed by atoms with van der Waals surface area (Å²) in [7, 11) is 0. The van der Waals surface area contributed by atoms with Crippen molar-refractivity contribution in [2.24, 2.45) is 5.92 Å². The van der Waals surface area contributed by atoms with E-state index in [9.17, 15) is 13.6 Å². The quantitative estimate of drug-likeness (QED) is 0.468. The fraction of sp³-hybridized carbons (Fsp3) is 0.500. The van der Waals surface area contributed by atoms with Crippen LogP contribution in [-0.2, 0) is 13.0 Å². The van der Waals surface area contributed by atoms with Gasteiger partial charge in [-0.1, -0.05) is 23.5 Å². The number of hydrogen-bond donors (Lipinski definition) is 1. The monoisotopic (exact) mass is 500 g/mol. The lowest BCUT2D eigenvalue weighted by Gasteiger charge is -2.32. The standard InChI is InChI=1S/C26H30F2N4O2S/c27-24(28)16-34-26-31-22-11-14-32(15-23(22)35-26)13-10-17-6-8-18(9-7-17)30-25(33)20-3-1-5-21-19(20)4-2-12-29-21/h1-5,12,17-18,24H,6-11,13-16H2,(H,30,33). The lowest BCUT2D eigenvalue weighted by molar-refractivity contribution is 0.0816. The molecule has 35 heavy (non-hydrogen) atoms. The number of thiazole rings is 1. The van der Waals surface area contributed by atoms with Crippen LogP contribution in [0.4, 0.5) is 8.78 Å². The number of amides is 1. The Balaban J connectivity index is 1.06. The molecule has 0 atom stereocenters. The zero-order chi connectivity index (χ0) is 24.2. The molecule has 3 heterocycles. The molecule has 1 N–H and O–H groups in total. The normalized spacial score (nSPS) is 20.7. The summed E-state index contributed by atoms with van der Waals surface area (Å²) < 4.78 is 29.9. The number of halogens is 2. The topological polar surface area (TPSA) is 67.4 Å². The van der Waals surface area contributed by atoms with Gasteiger partial charge in [0, 0.05) is 47.6 Å². The molecule has 2 aliphatic rings. The van der Waals surface area contributed by atoms with Gasteiger partial charge in [-0.3, -0.25) is 14.7 Å². The maximum Gasteiger partial charge on any atom is 0.273 e. The van der Waals surface area contributed by atoms with Crippen molar-refractivity contribution in [1.29, 1.82) is 0 Å². The van der Waals surface area contributed by atoms with E-state index in [1.165, 1.54) is 11.3 Å². The Kier molecular flexibility index (Phi) is 7.53. The van der Waals surface area contributed by atoms with Crippen molar-refractivity contribution >= 4 is 28.1 Å². The number of nitrogens with one attached hydrogen (secondary N) is 1. The second kappa shape index (κ2) is 11.0. The van der Waals surface area contributed by atoms with Crippen LogP contribution in [0.25, 0.3) is 10.9 Å². The summed E-state index contributed by atoms with van der Waals surface area (Å²) in [6, 6.07) is 9.70. The fourth-order valence-electron chi connectivity index (χ4n) is 5.14. The van der Waals surface area contributed by atoms with Crippen molar-refractivity contribution in [1.82, 2.24) is 20.2 Å². The fourth-order valence-corrected chi connectivity index (χ4v) is 6.14. The van der Waals surface area contributed by atoms with Crippen LogP contribution in [0.1, 0.15) is 53.0 Å². The number of pyridine rings is 1. The predicted octanol–water partition coefficient (Wildman–Crippen LogP) is 5.07. The van der Waals surface area contributed by atoms with Gasteiger partial charge in [-0.25, -0.2) is 13.8 Å². The van der Waals surface area contributed by atoms with Gasteiger partial charge in [0.15, 0.2) is 6.61 Å². The molecule has 2 aromatic heterocycles. The van der Waals surface area contributed by atoms with E-state index in [1.807, 2.05) is 30.3 Å². The summed E-state index contributed by atoms with van der Waals surface area (Å²) in [5.41, 5.74) is 2.52. The van der Waals surface area contributed by atoms with Crippen molar-refractivity contribution in [2.45, 2.75) is 57.5 Å². The summed E-state index contributed by atoms with van der Waals surface area (Å²) in [5, 5.41) is 4.49. The van der Waals surface area contributed by atoms with Gasteiger partial charge in [0.1, 0.15) is 0 Å². The third-order valence-electron chi connectivity index (χ3n) is 7.05. The molecular weight excluding hydrogens is 470 g/mol. The maximum atomic E-state index is 12.9. The lowest BCUT2D eigenvalue weighted by Crippen LogP contribution is -2.38. The van der Waals surface area contributed by atoms with Crippen molar-refractivity contribution in [3.05, 3.63) is 52.7 Å². The van der Waals surface area contributed by atoms with Crippen LogP contribution in [0, 0.1) is 5.92 Å². The van der Waals surface area contributed by atoms with Crippen molar-refractivity contribution in [3.63, 3.8) is 0 Å². The number of rotatable bonds is 8. The highest BCUT2D eigenvalue weighted by Gasteiger charge is 2.26. The van der Waals surface area contributed by atoms with E-state index in [0.717, 1.165) is 79.6 Å². The Labute approximate surface area is 207 Å². The number of alkyl halides is 2. The van der Waals surface area contributed by atoms with Crippen molar-refractivity contribution in [2.75, 3.05) is 19.7 Å². The molecule has 6 nitrogen and oxygen atoms in total. The van der Waals surface area contributed by atoms with Crippen molar-refractivity contribution in [3.8, 4) is 5.19 Å². The highest BCUT2D eigenvalue weighted by atomic mass is 32.1. The predicted molar refractivity (Wildman–Crippen MR) is 132 cm³/mol. The van der Waals surface area contributed by atoms with E-state index in [4.69, 9.17) is 4.74 Å². The van der Waals surface area contributed by atoms with E-state index >= 15 is 0 Å². The van der Waals surface area contributed by atoms with Gasteiger partial charge in [-0.05, 0) is 62.8 Å². The van der Waals surface area contributed by atoms with Crippen LogP contribution in [0.5, 0.6) is 5.19 Å². The molecule has 0 spiro atoms. The zero-order valence-electron chi connectivity index (χ0n) is 19.6. The Bertz CT molecular complexity index is 1160. The Morgan fingerprint density at radius 2 is 2.06 bits per heavy atom. The molecule has 0 unspecified atom stereocenters. The molecule has 1 aliphatic heterocycles. The van der Waals surface area contributed by atoms with Crippen LogP contribution in [0.3, 0.4) is 0 Å². The summed E-state index contributed by atoms with van der Waals surface area (Å²) in [5.74, 6) is 0.648. The first-order valence-corrected chi connectivity index (χ1v) is 13.1. The zero-order valence-corrected chi connectivity index (χ0v) is 20.4. The molecule has 0 saturated heterocycles. The largest absolute Gasteiger partial charge is 0.464 e. The Morgan fingerprint density at radius 3 is 2.89 bits per heavy atom. The van der Waals surface area contributed by atoms with E-state index in [2.05, 4.69) is 20.2 Å². The minimum absolute atomic E-state index is 0.0161. The average Bonchev–Trinajstić information content (AvgIpc) is 3.29. The van der Waals surface area contributed by atoms with Crippen LogP contribution >= 0.6 is 11.3 Å². The number of benzene rings is 1. The number of fused-ring (bicyclic) bond motifs is 2. The minimum Gasteiger partial charge on any atom is -0.464 e. The lowest BCUT2D eigenvalue weighted by atomic mass is 9.84. The van der Waals surface area contributed by atoms with E-state index in [1.54, 1.807) is 6.20 Å². The molecule has 0 radical (unpaired) electrons. The molecule has 1 amide bonds. The van der Waals surface area contributed by atoms with Crippen LogP contribution < -0.4 is 10.1 Å². The van der Waals surface area contributed by atoms with Gasteiger partial charge in [-0.2, -0.15) is 0 Å². The van der Waals surface area contributed by atoms with Crippen LogP contribution in [-0.4, -0.2) is 52.9 Å². The molecule has 186 valence electrons. The van der Waals surface area contributed by atoms with E-state index in [0.29, 0.717) is 16.7 Å². The van der Waals surface area contributed by atoms with Gasteiger partial charge in [0.25, 0.3) is 17.5 Å². The van der Waals surface area contributed by atoms with Gasteiger partial charge in [0.05, 0.1) is 11.2 Å². The summed E-state index contributed by atoms with van der Waals surface area (Å²) >= 11 is 1.39. The molecule has 3 aromatic rings. The van der Waals surface area contributed by atoms with Crippen molar-refractivity contribution < 1.29 is 18.3 Å². The number of ether oxygens (including phenoxy) is 1. The van der Waals surface area contributed by atoms with Gasteiger partial charge in [0.2, 0.25) is 0 Å². The highest BCUT2D eigenvalue weighted by molar-refractivity contribution is 7.13. The molecule has 0 bridgehead atoms. The second-order valence-corrected chi connectivity index (χ2v) is 10.5. The second-order valence-electron chi connectivity index (χ2n) is 9.43. The third-order valence-corrected chi connectivity index (χ3v) is 8.04. The summed E-state index contributed by atoms with van der Waals surface area (Å²) in [6.45, 7) is 2.18. The minimum atomic E-state index is -2.48. The molecule has 1 saturated carbocycles. The summed E-state index contributed by atoms with van der Waals surface area (Å²) in [4.78, 5) is 25.2. The highest BCUT2D eigenvalue weighted by Crippen LogP contribution is 2.32. The van der Waals surface area contributed by atoms with Gasteiger partial charge < -0.3 is 10.1 Å². The molecule has 1 fully saturated rings. The number of carbonyl (C=O) groups is 1. The first-order chi connectivity index (χ1) is 17.0. The first kappa shape index (κ1) is 24.1. The maximum absolute atomic E-state index is 12.9. The van der Waals surface area contributed by atoms with Gasteiger partial charge >= 0.3 is 0 Å². The number of hydrogen-bond acceptors (Lipinski definition) is 6. The van der Waals surface area contributed by atoms with E-state index < -0.39 is 13.0 Å². The van der Waals surface area contributed by atoms with E-state index in [-0.39, 0.29) is 11.9 Å². The smallest absolute Gasteiger partial charge is 0.273 e. The number of carbonyl (C=O) groups excluding carboxylic acids is 1. The molecule has 9 heteroatoms. The van der Waals surface area contributed by atoms with Crippen LogP contribution in [0.15, 0.2) is 36.5 Å². The molecule has 5 rings (SSSR count). The Morgan fingerprint density at radius 1 is 1.20 bits per heavy atom. The third kappa shape index (κ3) is 5.95. The Hall–Kier alpha value is -2.65. The van der Waals surface area contributed by atoms with Gasteiger partial charge in [-0.15, -0.1) is 0 Å². The summed E-state index contributed by atoms with van der Waals surface area (Å²) in [6.07, 6.45) is 5.48. The first-order valence-electron chi connectivity index (χ1n) is 12.3. The molecule has 1 aromatic carbocycles. The molecule has 1 aliphatic carbocycles.